The molecular formula is C24H17NO5. The van der Waals surface area contributed by atoms with Crippen LogP contribution in [-0.4, -0.2) is 19.9 Å². The molecule has 1 aliphatic carbocycles. The summed E-state index contributed by atoms with van der Waals surface area (Å²) in [7, 11) is 0. The van der Waals surface area contributed by atoms with Crippen LogP contribution in [0.5, 0.6) is 17.2 Å². The molecule has 0 unspecified atom stereocenters. The third kappa shape index (κ3) is 2.54. The monoisotopic (exact) mass is 399 g/mol. The van der Waals surface area contributed by atoms with Gasteiger partial charge in [0.05, 0.1) is 0 Å². The summed E-state index contributed by atoms with van der Waals surface area (Å²) in [6.07, 6.45) is 3.76. The molecule has 0 bridgehead atoms. The number of allylic oxidation sites excluding steroid dienone is 1. The van der Waals surface area contributed by atoms with Crippen molar-refractivity contribution in [1.82, 2.24) is 4.57 Å². The molecule has 3 aromatic rings. The maximum Gasteiger partial charge on any atom is 0.223 e. The fourth-order valence-electron chi connectivity index (χ4n) is 3.96. The van der Waals surface area contributed by atoms with E-state index in [1.165, 1.54) is 24.3 Å². The van der Waals surface area contributed by atoms with Gasteiger partial charge in [-0.15, -0.1) is 6.58 Å². The van der Waals surface area contributed by atoms with Crippen LogP contribution in [0.25, 0.3) is 44.3 Å². The molecule has 0 radical (unpaired) electrons. The molecule has 3 N–H and O–H groups in total. The molecule has 0 spiro atoms. The number of benzene rings is 3. The maximum absolute atomic E-state index is 12.0. The smallest absolute Gasteiger partial charge is 0.223 e. The molecule has 2 heterocycles. The Hall–Kier alpha value is -4.19. The molecule has 0 fully saturated rings. The van der Waals surface area contributed by atoms with Gasteiger partial charge < -0.3 is 24.3 Å². The first-order valence-corrected chi connectivity index (χ1v) is 9.32. The standard InChI is InChI=1S/C24H17NO5/c1-2-7-25-12-16(13-5-3-4-6-17(13)25)24-14-8-18(26)20(28)10-22(14)30-23-11-21(29)19(27)9-15(23)24/h2-6,8-12,26-28H,1,7H2. The summed E-state index contributed by atoms with van der Waals surface area (Å²) in [6.45, 7) is 4.42. The number of phenols is 3. The van der Waals surface area contributed by atoms with E-state index in [1.54, 1.807) is 6.08 Å². The summed E-state index contributed by atoms with van der Waals surface area (Å²) in [5, 5.41) is 31.7. The van der Waals surface area contributed by atoms with Crippen LogP contribution < -0.4 is 5.43 Å². The highest BCUT2D eigenvalue weighted by Gasteiger charge is 2.23. The largest absolute Gasteiger partial charge is 0.504 e. The first-order valence-electron chi connectivity index (χ1n) is 9.32. The Balaban J connectivity index is 2.01. The third-order valence-electron chi connectivity index (χ3n) is 5.28. The lowest BCUT2D eigenvalue weighted by molar-refractivity contribution is 0.404. The van der Waals surface area contributed by atoms with Crippen molar-refractivity contribution in [3.8, 4) is 39.7 Å². The van der Waals surface area contributed by atoms with Gasteiger partial charge in [-0.1, -0.05) is 24.3 Å². The summed E-state index contributed by atoms with van der Waals surface area (Å²) in [6, 6.07) is 13.2. The maximum atomic E-state index is 12.0. The molecule has 6 heteroatoms. The van der Waals surface area contributed by atoms with Gasteiger partial charge in [0.2, 0.25) is 5.43 Å². The van der Waals surface area contributed by atoms with E-state index in [4.69, 9.17) is 4.42 Å². The van der Waals surface area contributed by atoms with Crippen molar-refractivity contribution in [1.29, 1.82) is 0 Å². The fourth-order valence-corrected chi connectivity index (χ4v) is 3.96. The van der Waals surface area contributed by atoms with Gasteiger partial charge in [0.25, 0.3) is 0 Å². The molecular weight excluding hydrogens is 382 g/mol. The lowest BCUT2D eigenvalue weighted by Gasteiger charge is -2.15. The van der Waals surface area contributed by atoms with Gasteiger partial charge in [0.15, 0.2) is 17.2 Å². The van der Waals surface area contributed by atoms with Gasteiger partial charge >= 0.3 is 0 Å². The molecule has 148 valence electrons. The van der Waals surface area contributed by atoms with E-state index in [1.807, 2.05) is 35.0 Å². The van der Waals surface area contributed by atoms with Gasteiger partial charge in [-0.2, -0.15) is 0 Å². The predicted octanol–water partition coefficient (Wildman–Crippen LogP) is 4.82. The zero-order valence-electron chi connectivity index (χ0n) is 15.8. The number of aromatic hydroxyl groups is 3. The first-order chi connectivity index (χ1) is 14.5. The van der Waals surface area contributed by atoms with E-state index in [0.29, 0.717) is 28.6 Å². The average molecular weight is 399 g/mol. The second-order valence-electron chi connectivity index (χ2n) is 7.13. The number of hydrogen-bond acceptors (Lipinski definition) is 5. The van der Waals surface area contributed by atoms with Gasteiger partial charge in [0.1, 0.15) is 11.3 Å². The SMILES string of the molecule is C=CCn1cc(-c2c3cc(O)c(=O)cc-3oc3cc(O)c(O)cc23)c2ccccc21. The Morgan fingerprint density at radius 1 is 0.933 bits per heavy atom. The van der Waals surface area contributed by atoms with Crippen LogP contribution in [-0.2, 0) is 6.54 Å². The Morgan fingerprint density at radius 2 is 1.70 bits per heavy atom. The second kappa shape index (κ2) is 6.42. The van der Waals surface area contributed by atoms with Crippen molar-refractivity contribution in [2.75, 3.05) is 0 Å². The minimum atomic E-state index is -0.561. The molecule has 0 atom stereocenters. The quantitative estimate of drug-likeness (QED) is 0.230. The Morgan fingerprint density at radius 3 is 2.50 bits per heavy atom. The Kier molecular flexibility index (Phi) is 3.83. The summed E-state index contributed by atoms with van der Waals surface area (Å²) >= 11 is 0. The van der Waals surface area contributed by atoms with E-state index >= 15 is 0 Å². The molecule has 1 aliphatic heterocycles. The number of nitrogens with zero attached hydrogens (tertiary/aromatic N) is 1. The average Bonchev–Trinajstić information content (AvgIpc) is 3.08. The number of rotatable bonds is 3. The highest BCUT2D eigenvalue weighted by atomic mass is 16.3. The van der Waals surface area contributed by atoms with Crippen molar-refractivity contribution in [2.45, 2.75) is 6.54 Å². The van der Waals surface area contributed by atoms with Crippen LogP contribution in [0.2, 0.25) is 0 Å². The third-order valence-corrected chi connectivity index (χ3v) is 5.28. The molecule has 0 saturated heterocycles. The highest BCUT2D eigenvalue weighted by Crippen LogP contribution is 2.46. The van der Waals surface area contributed by atoms with Crippen LogP contribution in [0.3, 0.4) is 0 Å². The van der Waals surface area contributed by atoms with E-state index in [2.05, 4.69) is 6.58 Å². The van der Waals surface area contributed by atoms with Crippen molar-refractivity contribution >= 4 is 21.9 Å². The molecule has 2 aliphatic rings. The molecule has 0 saturated carbocycles. The Labute approximate surface area is 170 Å². The number of para-hydroxylation sites is 1. The summed E-state index contributed by atoms with van der Waals surface area (Å²) in [5.74, 6) is -0.744. The number of phenolic OH excluding ortho intramolecular Hbond substituents is 3. The normalized spacial score (nSPS) is 11.5. The van der Waals surface area contributed by atoms with Crippen molar-refractivity contribution in [2.24, 2.45) is 0 Å². The van der Waals surface area contributed by atoms with Gasteiger partial charge in [-0.05, 0) is 18.2 Å². The number of hydrogen-bond donors (Lipinski definition) is 3. The molecule has 6 nitrogen and oxygen atoms in total. The first kappa shape index (κ1) is 17.9. The summed E-state index contributed by atoms with van der Waals surface area (Å²) < 4.78 is 7.88. The van der Waals surface area contributed by atoms with Gasteiger partial charge in [-0.25, -0.2) is 0 Å². The molecule has 30 heavy (non-hydrogen) atoms. The molecule has 1 aromatic heterocycles. The predicted molar refractivity (Wildman–Crippen MR) is 115 cm³/mol. The minimum absolute atomic E-state index is 0.269. The lowest BCUT2D eigenvalue weighted by Crippen LogP contribution is -2.01. The molecule has 2 aromatic carbocycles. The zero-order valence-corrected chi connectivity index (χ0v) is 15.8. The topological polar surface area (TPSA) is 95.8 Å². The van der Waals surface area contributed by atoms with Crippen molar-refractivity contribution in [3.63, 3.8) is 0 Å². The van der Waals surface area contributed by atoms with Gasteiger partial charge in [0, 0.05) is 57.9 Å². The second-order valence-corrected chi connectivity index (χ2v) is 7.13. The van der Waals surface area contributed by atoms with E-state index in [-0.39, 0.29) is 17.3 Å². The van der Waals surface area contributed by atoms with Gasteiger partial charge in [-0.3, -0.25) is 4.79 Å². The Bertz CT molecular complexity index is 1490. The van der Waals surface area contributed by atoms with Crippen LogP contribution in [0, 0.1) is 0 Å². The highest BCUT2D eigenvalue weighted by molar-refractivity contribution is 6.10. The van der Waals surface area contributed by atoms with Crippen molar-refractivity contribution < 1.29 is 19.7 Å². The van der Waals surface area contributed by atoms with Crippen LogP contribution in [0.4, 0.5) is 0 Å². The fraction of sp³-hybridized carbons (Fsp3) is 0.0417. The van der Waals surface area contributed by atoms with Crippen molar-refractivity contribution in [3.05, 3.63) is 77.6 Å². The number of aromatic nitrogens is 1. The van der Waals surface area contributed by atoms with E-state index in [0.717, 1.165) is 16.5 Å². The lowest BCUT2D eigenvalue weighted by atomic mass is 9.93. The zero-order chi connectivity index (χ0) is 21.0. The van der Waals surface area contributed by atoms with Crippen LogP contribution in [0.1, 0.15) is 0 Å². The van der Waals surface area contributed by atoms with Crippen LogP contribution >= 0.6 is 0 Å². The number of fused-ring (bicyclic) bond motifs is 3. The minimum Gasteiger partial charge on any atom is -0.504 e. The summed E-state index contributed by atoms with van der Waals surface area (Å²) in [4.78, 5) is 12.0. The van der Waals surface area contributed by atoms with E-state index in [9.17, 15) is 20.1 Å². The van der Waals surface area contributed by atoms with Crippen LogP contribution in [0.15, 0.2) is 76.6 Å². The molecule has 5 rings (SSSR count). The summed E-state index contributed by atoms with van der Waals surface area (Å²) in [5.41, 5.74) is 2.76. The molecule has 0 amide bonds. The van der Waals surface area contributed by atoms with E-state index < -0.39 is 11.2 Å².